The molecule has 2 heterocycles. The van der Waals surface area contributed by atoms with Crippen molar-refractivity contribution in [3.63, 3.8) is 0 Å². The first-order valence-electron chi connectivity index (χ1n) is 8.92. The van der Waals surface area contributed by atoms with E-state index in [-0.39, 0.29) is 30.0 Å². The molecule has 1 aliphatic rings. The molecule has 28 heavy (non-hydrogen) atoms. The van der Waals surface area contributed by atoms with Crippen LogP contribution in [0.4, 0.5) is 0 Å². The van der Waals surface area contributed by atoms with E-state index in [0.29, 0.717) is 31.1 Å². The lowest BCUT2D eigenvalue weighted by Gasteiger charge is -2.30. The minimum absolute atomic E-state index is 0.197. The lowest BCUT2D eigenvalue weighted by molar-refractivity contribution is -0.137. The minimum atomic E-state index is -0.614. The van der Waals surface area contributed by atoms with Crippen LogP contribution in [0.25, 0.3) is 5.69 Å². The number of nitrogens with zero attached hydrogens (tertiary/aromatic N) is 3. The molecule has 0 bridgehead atoms. The van der Waals surface area contributed by atoms with Crippen molar-refractivity contribution in [2.45, 2.75) is 18.0 Å². The minimum Gasteiger partial charge on any atom is -0.451 e. The number of nitrogens with two attached hydrogens (primary N) is 1. The number of carbonyl (C=O) groups is 3. The van der Waals surface area contributed by atoms with Gasteiger partial charge in [0.05, 0.1) is 6.20 Å². The largest absolute Gasteiger partial charge is 0.451 e. The Hall–Kier alpha value is -2.81. The molecule has 1 aromatic carbocycles. The second kappa shape index (κ2) is 8.92. The number of imidazole rings is 1. The summed E-state index contributed by atoms with van der Waals surface area (Å²) in [6.07, 6.45) is 4.39. The van der Waals surface area contributed by atoms with Crippen molar-refractivity contribution in [3.8, 4) is 5.69 Å². The second-order valence-electron chi connectivity index (χ2n) is 6.43. The molecule has 1 aliphatic heterocycles. The summed E-state index contributed by atoms with van der Waals surface area (Å²) >= 11 is 1.41. The maximum Gasteiger partial charge on any atom is 0.357 e. The Morgan fingerprint density at radius 2 is 1.89 bits per heavy atom. The normalized spacial score (nSPS) is 14.7. The second-order valence-corrected chi connectivity index (χ2v) is 7.21. The van der Waals surface area contributed by atoms with Crippen molar-refractivity contribution in [2.75, 3.05) is 26.0 Å². The molecule has 1 fully saturated rings. The Morgan fingerprint density at radius 1 is 1.21 bits per heavy atom. The van der Waals surface area contributed by atoms with Crippen LogP contribution in [0.5, 0.6) is 0 Å². The van der Waals surface area contributed by atoms with Crippen molar-refractivity contribution >= 4 is 29.5 Å². The summed E-state index contributed by atoms with van der Waals surface area (Å²) in [5, 5.41) is 0.651. The van der Waals surface area contributed by atoms with Gasteiger partial charge in [-0.15, -0.1) is 0 Å². The number of thioether (sulfide) groups is 1. The number of hydrogen-bond acceptors (Lipinski definition) is 6. The molecule has 8 nitrogen and oxygen atoms in total. The van der Waals surface area contributed by atoms with Crippen LogP contribution in [0.15, 0.2) is 41.7 Å². The number of esters is 1. The molecule has 1 saturated heterocycles. The fraction of sp³-hybridized carbons (Fsp3) is 0.368. The van der Waals surface area contributed by atoms with Gasteiger partial charge < -0.3 is 15.4 Å². The molecule has 0 unspecified atom stereocenters. The lowest BCUT2D eigenvalue weighted by Crippen LogP contribution is -2.43. The fourth-order valence-electron chi connectivity index (χ4n) is 3.16. The SMILES string of the molecule is CSc1ncc(C(=O)OCC(=O)N2CCC(C(N)=O)CC2)n1-c1ccccc1. The van der Waals surface area contributed by atoms with Crippen LogP contribution in [0.1, 0.15) is 23.3 Å². The summed E-state index contributed by atoms with van der Waals surface area (Å²) < 4.78 is 6.95. The number of benzene rings is 1. The third-order valence-electron chi connectivity index (χ3n) is 4.71. The summed E-state index contributed by atoms with van der Waals surface area (Å²) in [6.45, 7) is 0.514. The number of piperidine rings is 1. The molecule has 2 amide bonds. The molecule has 1 aromatic heterocycles. The summed E-state index contributed by atoms with van der Waals surface area (Å²) in [4.78, 5) is 42.0. The van der Waals surface area contributed by atoms with Crippen molar-refractivity contribution < 1.29 is 19.1 Å². The van der Waals surface area contributed by atoms with E-state index in [9.17, 15) is 14.4 Å². The molecule has 2 aromatic rings. The van der Waals surface area contributed by atoms with Gasteiger partial charge in [0, 0.05) is 24.7 Å². The molecule has 9 heteroatoms. The monoisotopic (exact) mass is 402 g/mol. The van der Waals surface area contributed by atoms with Crippen LogP contribution in [0.2, 0.25) is 0 Å². The Kier molecular flexibility index (Phi) is 6.35. The number of likely N-dealkylation sites (tertiary alicyclic amines) is 1. The number of primary amides is 1. The van der Waals surface area contributed by atoms with Gasteiger partial charge in [-0.05, 0) is 31.2 Å². The molecular formula is C19H22N4O4S. The van der Waals surface area contributed by atoms with Crippen LogP contribution in [-0.4, -0.2) is 58.2 Å². The Balaban J connectivity index is 1.64. The van der Waals surface area contributed by atoms with Gasteiger partial charge >= 0.3 is 5.97 Å². The first-order valence-corrected chi connectivity index (χ1v) is 10.1. The molecule has 0 spiro atoms. The predicted octanol–water partition coefficient (Wildman–Crippen LogP) is 1.47. The summed E-state index contributed by atoms with van der Waals surface area (Å²) in [7, 11) is 0. The molecule has 0 saturated carbocycles. The molecule has 0 atom stereocenters. The highest BCUT2D eigenvalue weighted by Crippen LogP contribution is 2.22. The third kappa shape index (κ3) is 4.36. The van der Waals surface area contributed by atoms with E-state index in [2.05, 4.69) is 4.98 Å². The van der Waals surface area contributed by atoms with Gasteiger partial charge in [-0.1, -0.05) is 30.0 Å². The van der Waals surface area contributed by atoms with Gasteiger partial charge in [0.1, 0.15) is 0 Å². The number of carbonyl (C=O) groups excluding carboxylic acids is 3. The average molecular weight is 402 g/mol. The highest BCUT2D eigenvalue weighted by atomic mass is 32.2. The van der Waals surface area contributed by atoms with Gasteiger partial charge in [-0.25, -0.2) is 9.78 Å². The van der Waals surface area contributed by atoms with Gasteiger partial charge in [0.2, 0.25) is 5.91 Å². The highest BCUT2D eigenvalue weighted by Gasteiger charge is 2.27. The fourth-order valence-corrected chi connectivity index (χ4v) is 3.70. The highest BCUT2D eigenvalue weighted by molar-refractivity contribution is 7.98. The lowest BCUT2D eigenvalue weighted by atomic mass is 9.96. The Morgan fingerprint density at radius 3 is 2.50 bits per heavy atom. The quantitative estimate of drug-likeness (QED) is 0.579. The standard InChI is InChI=1S/C19H22N4O4S/c1-28-19-21-11-15(23(19)14-5-3-2-4-6-14)18(26)27-12-16(24)22-9-7-13(8-10-22)17(20)25/h2-6,11,13H,7-10,12H2,1H3,(H2,20,25). The Bertz CT molecular complexity index is 860. The van der Waals surface area contributed by atoms with Gasteiger partial charge in [-0.3, -0.25) is 14.2 Å². The zero-order valence-electron chi connectivity index (χ0n) is 15.5. The topological polar surface area (TPSA) is 108 Å². The van der Waals surface area contributed by atoms with Crippen LogP contribution in [0, 0.1) is 5.92 Å². The zero-order chi connectivity index (χ0) is 20.1. The predicted molar refractivity (Wildman–Crippen MR) is 104 cm³/mol. The van der Waals surface area contributed by atoms with E-state index in [1.807, 2.05) is 36.6 Å². The number of amides is 2. The van der Waals surface area contributed by atoms with Crippen molar-refractivity contribution in [1.29, 1.82) is 0 Å². The molecular weight excluding hydrogens is 380 g/mol. The summed E-state index contributed by atoms with van der Waals surface area (Å²) in [5.41, 5.74) is 6.35. The van der Waals surface area contributed by atoms with E-state index in [1.54, 1.807) is 9.47 Å². The van der Waals surface area contributed by atoms with Crippen molar-refractivity contribution in [2.24, 2.45) is 11.7 Å². The van der Waals surface area contributed by atoms with Gasteiger partial charge in [0.15, 0.2) is 17.5 Å². The van der Waals surface area contributed by atoms with Gasteiger partial charge in [0.25, 0.3) is 5.91 Å². The maximum atomic E-state index is 12.6. The van der Waals surface area contributed by atoms with E-state index in [0.717, 1.165) is 5.69 Å². The number of ether oxygens (including phenoxy) is 1. The van der Waals surface area contributed by atoms with Crippen molar-refractivity contribution in [3.05, 3.63) is 42.2 Å². The molecule has 0 aliphatic carbocycles. The van der Waals surface area contributed by atoms with E-state index < -0.39 is 5.97 Å². The number of aromatic nitrogens is 2. The molecule has 148 valence electrons. The van der Waals surface area contributed by atoms with E-state index in [4.69, 9.17) is 10.5 Å². The molecule has 2 N–H and O–H groups in total. The molecule has 3 rings (SSSR count). The molecule has 0 radical (unpaired) electrons. The first-order chi connectivity index (χ1) is 13.5. The smallest absolute Gasteiger partial charge is 0.357 e. The van der Waals surface area contributed by atoms with Crippen LogP contribution >= 0.6 is 11.8 Å². The third-order valence-corrected chi connectivity index (χ3v) is 5.37. The number of hydrogen-bond donors (Lipinski definition) is 1. The summed E-state index contributed by atoms with van der Waals surface area (Å²) in [5.74, 6) is -1.43. The number of para-hydroxylation sites is 1. The van der Waals surface area contributed by atoms with Crippen molar-refractivity contribution in [1.82, 2.24) is 14.5 Å². The first kappa shape index (κ1) is 19.9. The van der Waals surface area contributed by atoms with E-state index in [1.165, 1.54) is 18.0 Å². The Labute approximate surface area is 167 Å². The average Bonchev–Trinajstić information content (AvgIpc) is 3.16. The van der Waals surface area contributed by atoms with Gasteiger partial charge in [-0.2, -0.15) is 0 Å². The summed E-state index contributed by atoms with van der Waals surface area (Å²) in [6, 6.07) is 9.36. The maximum absolute atomic E-state index is 12.6. The van der Waals surface area contributed by atoms with Crippen LogP contribution in [-0.2, 0) is 14.3 Å². The zero-order valence-corrected chi connectivity index (χ0v) is 16.4. The van der Waals surface area contributed by atoms with E-state index >= 15 is 0 Å². The van der Waals surface area contributed by atoms with Crippen LogP contribution < -0.4 is 5.73 Å². The van der Waals surface area contributed by atoms with Crippen LogP contribution in [0.3, 0.4) is 0 Å². The number of rotatable bonds is 6.